The topological polar surface area (TPSA) is 49.4 Å². The minimum absolute atomic E-state index is 0.0880. The Labute approximate surface area is 158 Å². The average Bonchev–Trinajstić information content (AvgIpc) is 3.41. The molecule has 2 aromatic carbocycles. The van der Waals surface area contributed by atoms with Crippen LogP contribution in [0.1, 0.15) is 34.9 Å². The molecule has 2 fully saturated rings. The van der Waals surface area contributed by atoms with E-state index in [1.807, 2.05) is 43.0 Å². The van der Waals surface area contributed by atoms with Gasteiger partial charge in [0, 0.05) is 22.9 Å². The molecule has 0 spiro atoms. The lowest BCUT2D eigenvalue weighted by molar-refractivity contribution is -0.117. The van der Waals surface area contributed by atoms with Crippen molar-refractivity contribution in [3.05, 3.63) is 59.2 Å². The molecule has 1 N–H and O–H groups in total. The second-order valence-electron chi connectivity index (χ2n) is 7.07. The van der Waals surface area contributed by atoms with Crippen LogP contribution in [-0.2, 0) is 9.59 Å². The summed E-state index contributed by atoms with van der Waals surface area (Å²) in [6, 6.07) is 14.0. The molecule has 0 radical (unpaired) electrons. The summed E-state index contributed by atoms with van der Waals surface area (Å²) in [5.74, 6) is 0.793. The lowest BCUT2D eigenvalue weighted by Gasteiger charge is -2.27. The predicted octanol–water partition coefficient (Wildman–Crippen LogP) is 4.43. The molecule has 1 heterocycles. The number of amides is 2. The third-order valence-corrected chi connectivity index (χ3v) is 6.12. The van der Waals surface area contributed by atoms with Crippen molar-refractivity contribution < 1.29 is 9.59 Å². The van der Waals surface area contributed by atoms with Gasteiger partial charge in [-0.25, -0.2) is 0 Å². The number of rotatable bonds is 4. The predicted molar refractivity (Wildman–Crippen MR) is 106 cm³/mol. The van der Waals surface area contributed by atoms with E-state index in [2.05, 4.69) is 23.5 Å². The standard InChI is InChI=1S/C21H22N2O2S/c1-13-7-8-14(2)18(11-13)23-19(24)12-26-21(23)16-5-3-4-6-17(16)22-20(25)15-9-10-15/h3-8,11,15,21H,9-10,12H2,1-2H3,(H,22,25). The summed E-state index contributed by atoms with van der Waals surface area (Å²) in [5.41, 5.74) is 4.96. The van der Waals surface area contributed by atoms with E-state index in [-0.39, 0.29) is 23.1 Å². The van der Waals surface area contributed by atoms with Crippen LogP contribution in [0, 0.1) is 19.8 Å². The molecular weight excluding hydrogens is 344 g/mol. The molecule has 1 aliphatic heterocycles. The number of thioether (sulfide) groups is 1. The Morgan fingerprint density at radius 2 is 1.92 bits per heavy atom. The smallest absolute Gasteiger partial charge is 0.238 e. The number of hydrogen-bond donors (Lipinski definition) is 1. The molecule has 4 rings (SSSR count). The monoisotopic (exact) mass is 366 g/mol. The summed E-state index contributed by atoms with van der Waals surface area (Å²) in [4.78, 5) is 26.8. The van der Waals surface area contributed by atoms with Crippen LogP contribution in [0.4, 0.5) is 11.4 Å². The third-order valence-electron chi connectivity index (χ3n) is 4.92. The third kappa shape index (κ3) is 3.23. The van der Waals surface area contributed by atoms with Gasteiger partial charge in [0.1, 0.15) is 5.37 Å². The number of benzene rings is 2. The molecule has 2 amide bonds. The molecule has 0 bridgehead atoms. The van der Waals surface area contributed by atoms with Crippen LogP contribution >= 0.6 is 11.8 Å². The second-order valence-corrected chi connectivity index (χ2v) is 8.14. The van der Waals surface area contributed by atoms with Crippen LogP contribution in [0.2, 0.25) is 0 Å². The first-order valence-corrected chi connectivity index (χ1v) is 10.00. The molecule has 2 aliphatic rings. The molecule has 26 heavy (non-hydrogen) atoms. The van der Waals surface area contributed by atoms with E-state index in [1.165, 1.54) is 0 Å². The number of carbonyl (C=O) groups excluding carboxylic acids is 2. The number of nitrogens with zero attached hydrogens (tertiary/aromatic N) is 1. The van der Waals surface area contributed by atoms with Crippen molar-refractivity contribution in [3.8, 4) is 0 Å². The van der Waals surface area contributed by atoms with Gasteiger partial charge in [0.25, 0.3) is 0 Å². The summed E-state index contributed by atoms with van der Waals surface area (Å²) < 4.78 is 0. The van der Waals surface area contributed by atoms with Crippen molar-refractivity contribution in [1.82, 2.24) is 0 Å². The fraction of sp³-hybridized carbons (Fsp3) is 0.333. The van der Waals surface area contributed by atoms with Crippen LogP contribution in [0.5, 0.6) is 0 Å². The highest BCUT2D eigenvalue weighted by Crippen LogP contribution is 2.45. The fourth-order valence-corrected chi connectivity index (χ4v) is 4.50. The quantitative estimate of drug-likeness (QED) is 0.871. The minimum Gasteiger partial charge on any atom is -0.325 e. The summed E-state index contributed by atoms with van der Waals surface area (Å²) >= 11 is 1.61. The molecule has 1 saturated carbocycles. The highest BCUT2D eigenvalue weighted by molar-refractivity contribution is 8.00. The van der Waals surface area contributed by atoms with Gasteiger partial charge in [0.05, 0.1) is 5.75 Å². The summed E-state index contributed by atoms with van der Waals surface area (Å²) in [5, 5.41) is 2.95. The molecule has 5 heteroatoms. The maximum atomic E-state index is 12.7. The van der Waals surface area contributed by atoms with E-state index in [0.29, 0.717) is 5.75 Å². The lowest BCUT2D eigenvalue weighted by atomic mass is 10.1. The molecule has 0 aromatic heterocycles. The number of nitrogens with one attached hydrogen (secondary N) is 1. The summed E-state index contributed by atoms with van der Waals surface area (Å²) in [6.07, 6.45) is 1.94. The number of para-hydroxylation sites is 1. The molecule has 2 aromatic rings. The lowest BCUT2D eigenvalue weighted by Crippen LogP contribution is -2.29. The number of aryl methyl sites for hydroxylation is 2. The van der Waals surface area contributed by atoms with Gasteiger partial charge in [0.15, 0.2) is 0 Å². The normalized spacial score (nSPS) is 19.7. The highest BCUT2D eigenvalue weighted by atomic mass is 32.2. The van der Waals surface area contributed by atoms with Crippen molar-refractivity contribution in [2.75, 3.05) is 16.0 Å². The van der Waals surface area contributed by atoms with Gasteiger partial charge in [-0.05, 0) is 49.9 Å². The SMILES string of the molecule is Cc1ccc(C)c(N2C(=O)CSC2c2ccccc2NC(=O)C2CC2)c1. The molecule has 4 nitrogen and oxygen atoms in total. The highest BCUT2D eigenvalue weighted by Gasteiger charge is 2.37. The van der Waals surface area contributed by atoms with E-state index in [1.54, 1.807) is 11.8 Å². The van der Waals surface area contributed by atoms with Crippen LogP contribution in [0.25, 0.3) is 0 Å². The Bertz CT molecular complexity index is 876. The summed E-state index contributed by atoms with van der Waals surface area (Å²) in [6.45, 7) is 4.07. The fourth-order valence-electron chi connectivity index (χ4n) is 3.30. The number of hydrogen-bond acceptors (Lipinski definition) is 3. The molecule has 1 atom stereocenters. The van der Waals surface area contributed by atoms with Gasteiger partial charge >= 0.3 is 0 Å². The van der Waals surface area contributed by atoms with Crippen LogP contribution < -0.4 is 10.2 Å². The molecular formula is C21H22N2O2S. The minimum atomic E-state index is -0.126. The molecule has 1 unspecified atom stereocenters. The average molecular weight is 366 g/mol. The van der Waals surface area contributed by atoms with Crippen LogP contribution in [-0.4, -0.2) is 17.6 Å². The van der Waals surface area contributed by atoms with E-state index < -0.39 is 0 Å². The second kappa shape index (κ2) is 6.80. The van der Waals surface area contributed by atoms with Gasteiger partial charge in [0.2, 0.25) is 11.8 Å². The van der Waals surface area contributed by atoms with Gasteiger partial charge in [-0.3, -0.25) is 14.5 Å². The zero-order chi connectivity index (χ0) is 18.3. The van der Waals surface area contributed by atoms with Crippen molar-refractivity contribution in [2.24, 2.45) is 5.92 Å². The maximum Gasteiger partial charge on any atom is 0.238 e. The maximum absolute atomic E-state index is 12.7. The van der Waals surface area contributed by atoms with Crippen molar-refractivity contribution in [2.45, 2.75) is 32.1 Å². The Kier molecular flexibility index (Phi) is 4.49. The van der Waals surface area contributed by atoms with Crippen molar-refractivity contribution in [3.63, 3.8) is 0 Å². The molecule has 134 valence electrons. The van der Waals surface area contributed by atoms with Gasteiger partial charge in [-0.2, -0.15) is 0 Å². The van der Waals surface area contributed by atoms with E-state index in [9.17, 15) is 9.59 Å². The van der Waals surface area contributed by atoms with Gasteiger partial charge < -0.3 is 5.32 Å². The van der Waals surface area contributed by atoms with Crippen molar-refractivity contribution in [1.29, 1.82) is 0 Å². The molecule has 1 aliphatic carbocycles. The largest absolute Gasteiger partial charge is 0.325 e. The first-order chi connectivity index (χ1) is 12.5. The van der Waals surface area contributed by atoms with Crippen LogP contribution in [0.3, 0.4) is 0 Å². The summed E-state index contributed by atoms with van der Waals surface area (Å²) in [7, 11) is 0. The first-order valence-electron chi connectivity index (χ1n) is 8.95. The van der Waals surface area contributed by atoms with Crippen LogP contribution in [0.15, 0.2) is 42.5 Å². The van der Waals surface area contributed by atoms with Gasteiger partial charge in [-0.15, -0.1) is 11.8 Å². The molecule has 1 saturated heterocycles. The number of carbonyl (C=O) groups is 2. The van der Waals surface area contributed by atoms with E-state index in [0.717, 1.165) is 40.9 Å². The number of anilines is 2. The Morgan fingerprint density at radius 1 is 1.15 bits per heavy atom. The Morgan fingerprint density at radius 3 is 2.69 bits per heavy atom. The van der Waals surface area contributed by atoms with Crippen molar-refractivity contribution >= 4 is 35.0 Å². The zero-order valence-corrected chi connectivity index (χ0v) is 15.8. The van der Waals surface area contributed by atoms with Gasteiger partial charge in [-0.1, -0.05) is 30.3 Å². The Hall–Kier alpha value is -2.27. The van der Waals surface area contributed by atoms with E-state index in [4.69, 9.17) is 0 Å². The van der Waals surface area contributed by atoms with E-state index >= 15 is 0 Å². The Balaban J connectivity index is 1.71. The zero-order valence-electron chi connectivity index (χ0n) is 15.0. The first kappa shape index (κ1) is 17.2.